The van der Waals surface area contributed by atoms with E-state index >= 15 is 0 Å². The molecule has 0 aromatic heterocycles. The van der Waals surface area contributed by atoms with Crippen LogP contribution in [0.1, 0.15) is 258 Å². The van der Waals surface area contributed by atoms with Crippen molar-refractivity contribution >= 4 is 10.4 Å². The van der Waals surface area contributed by atoms with Crippen molar-refractivity contribution in [1.29, 1.82) is 0 Å². The summed E-state index contributed by atoms with van der Waals surface area (Å²) in [4.78, 5) is 0. The predicted octanol–water partition coefficient (Wildman–Crippen LogP) is 11.9. The van der Waals surface area contributed by atoms with Crippen LogP contribution < -0.4 is 29.6 Å². The average Bonchev–Trinajstić information content (AvgIpc) is 3.05. The Hall–Kier alpha value is 0.870. The van der Waals surface area contributed by atoms with Crippen LogP contribution >= 0.6 is 0 Å². The maximum atomic E-state index is 11.0. The Morgan fingerprint density at radius 1 is 0.375 bits per heavy atom. The molecule has 4 nitrogen and oxygen atoms in total. The van der Waals surface area contributed by atoms with E-state index < -0.39 is 10.4 Å². The normalized spacial score (nSPS) is 12.4. The van der Waals surface area contributed by atoms with E-state index in [0.29, 0.717) is 0 Å². The molecule has 0 saturated heterocycles. The maximum Gasteiger partial charge on any atom is 1.00 e. The first-order valence-electron chi connectivity index (χ1n) is 21.6. The van der Waals surface area contributed by atoms with Gasteiger partial charge in [0.2, 0.25) is 10.4 Å². The number of unbranched alkanes of at least 4 members (excludes halogenated alkanes) is 34. The Balaban J connectivity index is 0. The summed E-state index contributed by atoms with van der Waals surface area (Å²) in [7, 11) is -4.59. The van der Waals surface area contributed by atoms with Crippen LogP contribution in [0.25, 0.3) is 0 Å². The van der Waals surface area contributed by atoms with Crippen LogP contribution in [0, 0.1) is 5.92 Å². The van der Waals surface area contributed by atoms with Gasteiger partial charge >= 0.3 is 29.6 Å². The molecule has 284 valence electrons. The molecule has 0 radical (unpaired) electrons. The molecule has 48 heavy (non-hydrogen) atoms. The van der Waals surface area contributed by atoms with Gasteiger partial charge in [0.05, 0.1) is 6.61 Å². The monoisotopic (exact) mass is 709 g/mol. The third kappa shape index (κ3) is 44.9. The summed E-state index contributed by atoms with van der Waals surface area (Å²) in [5, 5.41) is 0. The molecule has 0 aliphatic rings. The van der Waals surface area contributed by atoms with Crippen LogP contribution in [0.3, 0.4) is 0 Å². The average molecular weight is 709 g/mol. The Morgan fingerprint density at radius 2 is 0.562 bits per heavy atom. The van der Waals surface area contributed by atoms with E-state index in [0.717, 1.165) is 25.7 Å². The van der Waals surface area contributed by atoms with Crippen LogP contribution in [0.2, 0.25) is 0 Å². The number of rotatable bonds is 41. The maximum absolute atomic E-state index is 11.0. The molecule has 1 atom stereocenters. The molecular weight excluding hydrogens is 624 g/mol. The summed E-state index contributed by atoms with van der Waals surface area (Å²) in [5.74, 6) is 0.195. The zero-order chi connectivity index (χ0) is 34.4. The summed E-state index contributed by atoms with van der Waals surface area (Å²) in [6.45, 7) is 4.65. The molecule has 0 heterocycles. The Morgan fingerprint density at radius 3 is 0.750 bits per heavy atom. The molecule has 0 aromatic rings. The van der Waals surface area contributed by atoms with Gasteiger partial charge in [-0.25, -0.2) is 8.42 Å². The Kier molecular flexibility index (Phi) is 44.9. The summed E-state index contributed by atoms with van der Waals surface area (Å²) in [5.41, 5.74) is 0. The molecule has 0 fully saturated rings. The molecule has 0 spiro atoms. The third-order valence-electron chi connectivity index (χ3n) is 10.4. The molecule has 0 N–H and O–H groups in total. The van der Waals surface area contributed by atoms with Crippen LogP contribution in [0.5, 0.6) is 0 Å². The van der Waals surface area contributed by atoms with Crippen molar-refractivity contribution in [2.75, 3.05) is 6.61 Å². The van der Waals surface area contributed by atoms with Crippen molar-refractivity contribution in [3.63, 3.8) is 0 Å². The second-order valence-corrected chi connectivity index (χ2v) is 16.2. The van der Waals surface area contributed by atoms with Crippen molar-refractivity contribution in [3.8, 4) is 0 Å². The molecular formula is C42H85NaO4S. The van der Waals surface area contributed by atoms with Gasteiger partial charge in [-0.1, -0.05) is 245 Å². The smallest absolute Gasteiger partial charge is 0.726 e. The fraction of sp³-hybridized carbons (Fsp3) is 1.00. The minimum atomic E-state index is -4.59. The number of hydrogen-bond donors (Lipinski definition) is 0. The van der Waals surface area contributed by atoms with Gasteiger partial charge in [0.25, 0.3) is 0 Å². The summed E-state index contributed by atoms with van der Waals surface area (Å²) in [6, 6.07) is 0. The van der Waals surface area contributed by atoms with Crippen LogP contribution in [0.15, 0.2) is 0 Å². The van der Waals surface area contributed by atoms with E-state index in [1.54, 1.807) is 0 Å². The molecule has 1 unspecified atom stereocenters. The van der Waals surface area contributed by atoms with Gasteiger partial charge in [0, 0.05) is 0 Å². The van der Waals surface area contributed by atoms with Crippen LogP contribution in [-0.2, 0) is 14.6 Å². The largest absolute Gasteiger partial charge is 1.00 e. The van der Waals surface area contributed by atoms with Gasteiger partial charge in [0.15, 0.2) is 0 Å². The predicted molar refractivity (Wildman–Crippen MR) is 206 cm³/mol. The van der Waals surface area contributed by atoms with Gasteiger partial charge in [-0.15, -0.1) is 0 Å². The van der Waals surface area contributed by atoms with Crippen molar-refractivity contribution in [3.05, 3.63) is 0 Å². The minimum absolute atomic E-state index is 0. The summed E-state index contributed by atoms with van der Waals surface area (Å²) < 4.78 is 37.8. The molecule has 0 rings (SSSR count). The number of hydrogen-bond acceptors (Lipinski definition) is 4. The van der Waals surface area contributed by atoms with E-state index in [-0.39, 0.29) is 42.1 Å². The van der Waals surface area contributed by atoms with Gasteiger partial charge in [0.1, 0.15) is 0 Å². The SMILES string of the molecule is CCCCCCCCCCCCCCCCCCCCCCC(CCCCCCCCCCCCCCCCCC)COS(=O)(=O)[O-].[Na+]. The summed E-state index contributed by atoms with van der Waals surface area (Å²) in [6.07, 6.45) is 51.2. The fourth-order valence-corrected chi connectivity index (χ4v) is 7.52. The van der Waals surface area contributed by atoms with Gasteiger partial charge in [-0.2, -0.15) is 0 Å². The van der Waals surface area contributed by atoms with Crippen molar-refractivity contribution in [2.24, 2.45) is 5.92 Å². The second kappa shape index (κ2) is 42.3. The first-order chi connectivity index (χ1) is 23.0. The first kappa shape index (κ1) is 51.0. The van der Waals surface area contributed by atoms with Crippen molar-refractivity contribution in [1.82, 2.24) is 0 Å². The van der Waals surface area contributed by atoms with E-state index in [1.807, 2.05) is 0 Å². The van der Waals surface area contributed by atoms with Crippen molar-refractivity contribution in [2.45, 2.75) is 258 Å². The van der Waals surface area contributed by atoms with E-state index in [2.05, 4.69) is 18.0 Å². The standard InChI is InChI=1S/C42H86O4S.Na/c1-3-5-7-9-11-13-15-17-19-21-22-23-24-26-28-30-32-34-36-38-40-42(41-46-47(43,44)45)39-37-35-33-31-29-27-25-20-18-16-14-12-10-8-6-4-2;/h42H,3-41H2,1-2H3,(H,43,44,45);/q;+1/p-1. The molecule has 0 bridgehead atoms. The van der Waals surface area contributed by atoms with E-state index in [1.165, 1.54) is 218 Å². The second-order valence-electron chi connectivity index (χ2n) is 15.2. The third-order valence-corrected chi connectivity index (χ3v) is 10.8. The fourth-order valence-electron chi connectivity index (χ4n) is 7.16. The zero-order valence-corrected chi connectivity index (χ0v) is 36.0. The van der Waals surface area contributed by atoms with E-state index in [4.69, 9.17) is 0 Å². The molecule has 0 aliphatic heterocycles. The van der Waals surface area contributed by atoms with Crippen molar-refractivity contribution < 1.29 is 46.7 Å². The molecule has 0 amide bonds. The zero-order valence-electron chi connectivity index (χ0n) is 33.2. The minimum Gasteiger partial charge on any atom is -0.726 e. The van der Waals surface area contributed by atoms with Crippen LogP contribution in [-0.4, -0.2) is 19.6 Å². The Bertz CT molecular complexity index is 687. The molecule has 0 aliphatic carbocycles. The quantitative estimate of drug-likeness (QED) is 0.0274. The van der Waals surface area contributed by atoms with Gasteiger partial charge in [-0.05, 0) is 18.8 Å². The summed E-state index contributed by atoms with van der Waals surface area (Å²) >= 11 is 0. The van der Waals surface area contributed by atoms with Crippen LogP contribution in [0.4, 0.5) is 0 Å². The molecule has 0 saturated carbocycles. The van der Waals surface area contributed by atoms with Gasteiger partial charge < -0.3 is 4.55 Å². The topological polar surface area (TPSA) is 66.4 Å². The first-order valence-corrected chi connectivity index (χ1v) is 22.9. The Labute approximate surface area is 325 Å². The van der Waals surface area contributed by atoms with E-state index in [9.17, 15) is 13.0 Å². The molecule has 0 aromatic carbocycles. The van der Waals surface area contributed by atoms with Gasteiger partial charge in [-0.3, -0.25) is 4.18 Å². The molecule has 6 heteroatoms.